The average molecular weight is 283 g/mol. The Morgan fingerprint density at radius 3 is 2.37 bits per heavy atom. The van der Waals surface area contributed by atoms with Gasteiger partial charge in [0.25, 0.3) is 0 Å². The predicted molar refractivity (Wildman–Crippen MR) is 64.2 cm³/mol. The van der Waals surface area contributed by atoms with Gasteiger partial charge in [0.05, 0.1) is 6.54 Å². The van der Waals surface area contributed by atoms with Crippen LogP contribution in [-0.2, 0) is 9.59 Å². The normalized spacial score (nSPS) is 11.2. The van der Waals surface area contributed by atoms with Crippen LogP contribution in [0.4, 0.5) is 13.2 Å². The molecule has 0 saturated heterocycles. The first-order valence-corrected chi connectivity index (χ1v) is 6.03. The molecule has 0 aliphatic carbocycles. The molecule has 0 rings (SSSR count). The molecule has 0 fully saturated rings. The molecule has 0 aromatic rings. The summed E-state index contributed by atoms with van der Waals surface area (Å²) in [5.74, 6) is -1.09. The number of rotatable bonds is 8. The maximum absolute atomic E-state index is 11.8. The summed E-state index contributed by atoms with van der Waals surface area (Å²) in [6.07, 6.45) is -1.88. The zero-order valence-electron chi connectivity index (χ0n) is 10.9. The molecular formula is C11H20F3N3O2. The highest BCUT2D eigenvalue weighted by molar-refractivity contribution is 5.84. The number of nitrogens with one attached hydrogen (secondary N) is 1. The lowest BCUT2D eigenvalue weighted by molar-refractivity contribution is -0.141. The number of nitrogens with two attached hydrogens (primary N) is 1. The van der Waals surface area contributed by atoms with Crippen molar-refractivity contribution in [2.45, 2.75) is 31.9 Å². The number of hydrogen-bond donors (Lipinski definition) is 2. The zero-order chi connectivity index (χ0) is 14.9. The maximum atomic E-state index is 11.8. The summed E-state index contributed by atoms with van der Waals surface area (Å²) in [6.45, 7) is -1.19. The molecule has 0 heterocycles. The number of nitrogens with zero attached hydrogens (tertiary/aromatic N) is 1. The van der Waals surface area contributed by atoms with E-state index in [2.05, 4.69) is 0 Å². The number of hydrogen-bond acceptors (Lipinski definition) is 3. The second kappa shape index (κ2) is 8.73. The Kier molecular flexibility index (Phi) is 8.13. The van der Waals surface area contributed by atoms with E-state index < -0.39 is 18.6 Å². The number of unbranched alkanes of at least 4 members (excludes halogenated alkanes) is 2. The first-order valence-electron chi connectivity index (χ1n) is 6.03. The van der Waals surface area contributed by atoms with Gasteiger partial charge in [-0.05, 0) is 19.4 Å². The highest BCUT2D eigenvalue weighted by atomic mass is 19.4. The van der Waals surface area contributed by atoms with Crippen LogP contribution in [0.1, 0.15) is 25.7 Å². The minimum Gasteiger partial charge on any atom is -0.345 e. The minimum atomic E-state index is -4.44. The van der Waals surface area contributed by atoms with Crippen LogP contribution >= 0.6 is 0 Å². The van der Waals surface area contributed by atoms with E-state index in [1.54, 1.807) is 5.32 Å². The van der Waals surface area contributed by atoms with Gasteiger partial charge < -0.3 is 16.0 Å². The first kappa shape index (κ1) is 17.7. The minimum absolute atomic E-state index is 0.265. The molecular weight excluding hydrogens is 263 g/mol. The highest BCUT2D eigenvalue weighted by Crippen LogP contribution is 2.12. The third kappa shape index (κ3) is 10.3. The van der Waals surface area contributed by atoms with Gasteiger partial charge in [0.2, 0.25) is 11.8 Å². The molecule has 8 heteroatoms. The van der Waals surface area contributed by atoms with Crippen LogP contribution in [0.25, 0.3) is 0 Å². The van der Waals surface area contributed by atoms with Crippen molar-refractivity contribution >= 4 is 11.8 Å². The van der Waals surface area contributed by atoms with Gasteiger partial charge in [-0.1, -0.05) is 6.42 Å². The van der Waals surface area contributed by atoms with Gasteiger partial charge in [-0.3, -0.25) is 9.59 Å². The summed E-state index contributed by atoms with van der Waals surface area (Å²) in [5.41, 5.74) is 5.30. The average Bonchev–Trinajstić information content (AvgIpc) is 2.31. The Balaban J connectivity index is 3.85. The smallest absolute Gasteiger partial charge is 0.345 e. The summed E-state index contributed by atoms with van der Waals surface area (Å²) < 4.78 is 35.5. The monoisotopic (exact) mass is 283 g/mol. The lowest BCUT2D eigenvalue weighted by Gasteiger charge is -2.17. The van der Waals surface area contributed by atoms with E-state index in [1.807, 2.05) is 0 Å². The Morgan fingerprint density at radius 1 is 1.21 bits per heavy atom. The summed E-state index contributed by atoms with van der Waals surface area (Å²) >= 11 is 0. The van der Waals surface area contributed by atoms with Crippen LogP contribution < -0.4 is 11.1 Å². The molecule has 0 aliphatic heterocycles. The van der Waals surface area contributed by atoms with Crippen molar-refractivity contribution in [3.8, 4) is 0 Å². The number of halogens is 3. The highest BCUT2D eigenvalue weighted by Gasteiger charge is 2.27. The number of likely N-dealkylation sites (N-methyl/N-ethyl adjacent to an activating group) is 1. The van der Waals surface area contributed by atoms with Gasteiger partial charge in [0.1, 0.15) is 6.54 Å². The van der Waals surface area contributed by atoms with E-state index in [9.17, 15) is 22.8 Å². The summed E-state index contributed by atoms with van der Waals surface area (Å²) in [4.78, 5) is 23.8. The third-order valence-electron chi connectivity index (χ3n) is 2.39. The van der Waals surface area contributed by atoms with Crippen LogP contribution in [0.5, 0.6) is 0 Å². The van der Waals surface area contributed by atoms with Crippen molar-refractivity contribution in [2.75, 3.05) is 26.7 Å². The number of alkyl halides is 3. The molecule has 112 valence electrons. The molecule has 0 atom stereocenters. The molecule has 0 saturated carbocycles. The van der Waals surface area contributed by atoms with Crippen molar-refractivity contribution in [2.24, 2.45) is 5.73 Å². The second-order valence-corrected chi connectivity index (χ2v) is 4.24. The van der Waals surface area contributed by atoms with Crippen LogP contribution in [-0.4, -0.2) is 49.6 Å². The Hall–Kier alpha value is -1.31. The van der Waals surface area contributed by atoms with Gasteiger partial charge in [-0.15, -0.1) is 0 Å². The molecule has 19 heavy (non-hydrogen) atoms. The maximum Gasteiger partial charge on any atom is 0.405 e. The quantitative estimate of drug-likeness (QED) is 0.642. The van der Waals surface area contributed by atoms with Crippen LogP contribution in [0.2, 0.25) is 0 Å². The van der Waals surface area contributed by atoms with Gasteiger partial charge in [-0.25, -0.2) is 0 Å². The summed E-state index contributed by atoms with van der Waals surface area (Å²) in [7, 11) is 1.39. The number of carbonyl (C=O) groups excluding carboxylic acids is 2. The van der Waals surface area contributed by atoms with Gasteiger partial charge in [0.15, 0.2) is 0 Å². The Labute approximate surface area is 110 Å². The van der Waals surface area contributed by atoms with E-state index in [0.29, 0.717) is 13.0 Å². The molecule has 0 radical (unpaired) electrons. The fraction of sp³-hybridized carbons (Fsp3) is 0.818. The van der Waals surface area contributed by atoms with E-state index in [4.69, 9.17) is 5.73 Å². The molecule has 2 amide bonds. The fourth-order valence-corrected chi connectivity index (χ4v) is 1.35. The molecule has 0 aliphatic rings. The number of carbonyl (C=O) groups is 2. The van der Waals surface area contributed by atoms with Crippen molar-refractivity contribution in [1.82, 2.24) is 10.2 Å². The van der Waals surface area contributed by atoms with E-state index >= 15 is 0 Å². The van der Waals surface area contributed by atoms with Gasteiger partial charge >= 0.3 is 6.18 Å². The van der Waals surface area contributed by atoms with Crippen molar-refractivity contribution < 1.29 is 22.8 Å². The van der Waals surface area contributed by atoms with Gasteiger partial charge in [-0.2, -0.15) is 13.2 Å². The summed E-state index contributed by atoms with van der Waals surface area (Å²) in [6, 6.07) is 0. The van der Waals surface area contributed by atoms with E-state index in [-0.39, 0.29) is 18.9 Å². The largest absolute Gasteiger partial charge is 0.405 e. The first-order chi connectivity index (χ1) is 8.76. The topological polar surface area (TPSA) is 75.4 Å². The second-order valence-electron chi connectivity index (χ2n) is 4.24. The van der Waals surface area contributed by atoms with Crippen molar-refractivity contribution in [1.29, 1.82) is 0 Å². The molecule has 0 bridgehead atoms. The Morgan fingerprint density at radius 2 is 1.84 bits per heavy atom. The van der Waals surface area contributed by atoms with E-state index in [0.717, 1.165) is 17.7 Å². The molecule has 0 unspecified atom stereocenters. The van der Waals surface area contributed by atoms with Crippen molar-refractivity contribution in [3.05, 3.63) is 0 Å². The number of amides is 2. The SMILES string of the molecule is CN(CC(=O)NCC(F)(F)F)C(=O)CCCCCN. The third-order valence-corrected chi connectivity index (χ3v) is 2.39. The zero-order valence-corrected chi connectivity index (χ0v) is 10.9. The van der Waals surface area contributed by atoms with E-state index in [1.165, 1.54) is 7.05 Å². The lowest BCUT2D eigenvalue weighted by atomic mass is 10.2. The molecule has 5 nitrogen and oxygen atoms in total. The summed E-state index contributed by atoms with van der Waals surface area (Å²) in [5, 5.41) is 1.71. The van der Waals surface area contributed by atoms with Crippen molar-refractivity contribution in [3.63, 3.8) is 0 Å². The van der Waals surface area contributed by atoms with Crippen LogP contribution in [0, 0.1) is 0 Å². The molecule has 0 aromatic heterocycles. The van der Waals surface area contributed by atoms with Crippen LogP contribution in [0.3, 0.4) is 0 Å². The Bertz CT molecular complexity index is 295. The van der Waals surface area contributed by atoms with Gasteiger partial charge in [0, 0.05) is 13.5 Å². The molecule has 0 spiro atoms. The predicted octanol–water partition coefficient (Wildman–Crippen LogP) is 0.642. The molecule has 3 N–H and O–H groups in total. The lowest BCUT2D eigenvalue weighted by Crippen LogP contribution is -2.41. The standard InChI is InChI=1S/C11H20F3N3O2/c1-17(10(19)5-3-2-4-6-15)7-9(18)16-8-11(12,13)14/h2-8,15H2,1H3,(H,16,18). The molecule has 0 aromatic carbocycles. The van der Waals surface area contributed by atoms with Crippen LogP contribution in [0.15, 0.2) is 0 Å². The fourth-order valence-electron chi connectivity index (χ4n) is 1.35.